The van der Waals surface area contributed by atoms with Crippen LogP contribution in [0.5, 0.6) is 5.75 Å². The summed E-state index contributed by atoms with van der Waals surface area (Å²) in [7, 11) is 1.51. The Morgan fingerprint density at radius 1 is 1.50 bits per heavy atom. The molecule has 0 N–H and O–H groups in total. The normalized spacial score (nSPS) is 9.64. The van der Waals surface area contributed by atoms with Crippen LogP contribution in [0.3, 0.4) is 0 Å². The van der Waals surface area contributed by atoms with Gasteiger partial charge in [0.25, 0.3) is 0 Å². The lowest BCUT2D eigenvalue weighted by molar-refractivity contribution is 0.100. The van der Waals surface area contributed by atoms with Crippen molar-refractivity contribution in [2.75, 3.05) is 7.11 Å². The number of rotatable bonds is 3. The van der Waals surface area contributed by atoms with E-state index in [0.29, 0.717) is 27.6 Å². The molecule has 4 heteroatoms. The zero-order valence-electron chi connectivity index (χ0n) is 7.83. The molecule has 0 aliphatic carbocycles. The molecule has 0 atom stereocenters. The number of halogens is 1. The van der Waals surface area contributed by atoms with Crippen molar-refractivity contribution in [3.8, 4) is 5.75 Å². The van der Waals surface area contributed by atoms with Gasteiger partial charge in [-0.25, -0.2) is 0 Å². The van der Waals surface area contributed by atoms with E-state index in [1.807, 2.05) is 0 Å². The molecule has 0 spiro atoms. The molecule has 0 fully saturated rings. The quantitative estimate of drug-likeness (QED) is 0.617. The Kier molecular flexibility index (Phi) is 3.41. The molecule has 14 heavy (non-hydrogen) atoms. The van der Waals surface area contributed by atoms with Gasteiger partial charge >= 0.3 is 0 Å². The van der Waals surface area contributed by atoms with Crippen LogP contribution in [0.1, 0.15) is 27.6 Å². The van der Waals surface area contributed by atoms with Crippen molar-refractivity contribution < 1.29 is 14.3 Å². The van der Waals surface area contributed by atoms with Crippen LogP contribution in [-0.2, 0) is 0 Å². The number of hydrogen-bond donors (Lipinski definition) is 0. The van der Waals surface area contributed by atoms with Gasteiger partial charge in [0.2, 0.25) is 0 Å². The summed E-state index contributed by atoms with van der Waals surface area (Å²) < 4.78 is 5.55. The van der Waals surface area contributed by atoms with E-state index in [0.717, 1.165) is 0 Å². The molecule has 3 nitrogen and oxygen atoms in total. The third kappa shape index (κ3) is 2.01. The molecule has 0 radical (unpaired) electrons. The number of Topliss-reactive ketones (excluding diaryl/α,β-unsaturated/α-hetero) is 1. The van der Waals surface area contributed by atoms with Gasteiger partial charge in [-0.2, -0.15) is 0 Å². The van der Waals surface area contributed by atoms with Crippen molar-refractivity contribution in [2.24, 2.45) is 0 Å². The predicted octanol–water partition coefficient (Wildman–Crippen LogP) is 2.47. The van der Waals surface area contributed by atoms with E-state index >= 15 is 0 Å². The maximum atomic E-state index is 11.2. The monoisotopic (exact) mass is 256 g/mol. The molecular formula is C10H9BrO3. The van der Waals surface area contributed by atoms with E-state index in [4.69, 9.17) is 4.74 Å². The summed E-state index contributed by atoms with van der Waals surface area (Å²) in [5.41, 5.74) is 0.726. The predicted molar refractivity (Wildman–Crippen MR) is 56.1 cm³/mol. The molecule has 0 amide bonds. The van der Waals surface area contributed by atoms with Gasteiger partial charge in [0.1, 0.15) is 5.75 Å². The number of aldehydes is 1. The largest absolute Gasteiger partial charge is 0.497 e. The minimum Gasteiger partial charge on any atom is -0.497 e. The highest BCUT2D eigenvalue weighted by Gasteiger charge is 2.12. The number of hydrogen-bond acceptors (Lipinski definition) is 3. The van der Waals surface area contributed by atoms with Crippen molar-refractivity contribution in [3.63, 3.8) is 0 Å². The zero-order valence-corrected chi connectivity index (χ0v) is 9.42. The summed E-state index contributed by atoms with van der Waals surface area (Å²) in [5.74, 6) is 0.388. The molecular weight excluding hydrogens is 248 g/mol. The molecule has 0 unspecified atom stereocenters. The van der Waals surface area contributed by atoms with Crippen LogP contribution in [0, 0.1) is 0 Å². The molecule has 0 aliphatic rings. The van der Waals surface area contributed by atoms with Crippen LogP contribution < -0.4 is 4.74 Å². The summed E-state index contributed by atoms with van der Waals surface area (Å²) >= 11 is 3.20. The number of carbonyl (C=O) groups excluding carboxylic acids is 2. The molecule has 0 saturated heterocycles. The van der Waals surface area contributed by atoms with Crippen molar-refractivity contribution in [3.05, 3.63) is 27.7 Å². The van der Waals surface area contributed by atoms with E-state index in [1.165, 1.54) is 14.0 Å². The second-order valence-electron chi connectivity index (χ2n) is 2.74. The third-order valence-electron chi connectivity index (χ3n) is 1.84. The van der Waals surface area contributed by atoms with E-state index in [2.05, 4.69) is 15.9 Å². The average Bonchev–Trinajstić information content (AvgIpc) is 2.16. The van der Waals surface area contributed by atoms with Crippen molar-refractivity contribution in [2.45, 2.75) is 6.92 Å². The fourth-order valence-corrected chi connectivity index (χ4v) is 1.65. The maximum absolute atomic E-state index is 11.2. The van der Waals surface area contributed by atoms with Crippen LogP contribution in [0.4, 0.5) is 0 Å². The van der Waals surface area contributed by atoms with E-state index < -0.39 is 0 Å². The highest BCUT2D eigenvalue weighted by atomic mass is 79.9. The first-order chi connectivity index (χ1) is 6.60. The maximum Gasteiger partial charge on any atom is 0.160 e. The van der Waals surface area contributed by atoms with Gasteiger partial charge in [-0.15, -0.1) is 0 Å². The first kappa shape index (κ1) is 10.9. The number of carbonyl (C=O) groups is 2. The minimum atomic E-state index is -0.160. The first-order valence-electron chi connectivity index (χ1n) is 3.93. The van der Waals surface area contributed by atoms with Crippen LogP contribution in [0.2, 0.25) is 0 Å². The summed E-state index contributed by atoms with van der Waals surface area (Å²) in [6.07, 6.45) is 0.653. The van der Waals surface area contributed by atoms with Gasteiger partial charge < -0.3 is 4.74 Å². The smallest absolute Gasteiger partial charge is 0.160 e. The Labute approximate surface area is 90.2 Å². The van der Waals surface area contributed by atoms with Crippen molar-refractivity contribution in [1.29, 1.82) is 0 Å². The number of benzene rings is 1. The molecule has 0 heterocycles. The molecule has 0 aliphatic heterocycles. The second kappa shape index (κ2) is 4.37. The van der Waals surface area contributed by atoms with Crippen molar-refractivity contribution in [1.82, 2.24) is 0 Å². The molecule has 0 saturated carbocycles. The lowest BCUT2D eigenvalue weighted by atomic mass is 10.1. The van der Waals surface area contributed by atoms with Gasteiger partial charge in [0, 0.05) is 15.6 Å². The first-order valence-corrected chi connectivity index (χ1v) is 4.73. The lowest BCUT2D eigenvalue weighted by Gasteiger charge is -2.06. The summed E-state index contributed by atoms with van der Waals surface area (Å²) in [4.78, 5) is 21.9. The van der Waals surface area contributed by atoms with Crippen LogP contribution >= 0.6 is 15.9 Å². The van der Waals surface area contributed by atoms with E-state index in [1.54, 1.807) is 12.1 Å². The van der Waals surface area contributed by atoms with Gasteiger partial charge in [0.15, 0.2) is 12.1 Å². The minimum absolute atomic E-state index is 0.160. The number of ether oxygens (including phenoxy) is 1. The SMILES string of the molecule is COc1cc(Br)c(C=O)c(C(C)=O)c1. The van der Waals surface area contributed by atoms with Gasteiger partial charge in [-0.3, -0.25) is 9.59 Å². The Balaban J connectivity index is 3.43. The van der Waals surface area contributed by atoms with Crippen molar-refractivity contribution >= 4 is 28.0 Å². The standard InChI is InChI=1S/C10H9BrO3/c1-6(13)8-3-7(14-2)4-10(11)9(8)5-12/h3-5H,1-2H3. The zero-order chi connectivity index (χ0) is 10.7. The Morgan fingerprint density at radius 2 is 2.14 bits per heavy atom. The molecule has 0 aromatic heterocycles. The Hall–Kier alpha value is -1.16. The summed E-state index contributed by atoms with van der Waals surface area (Å²) in [6, 6.07) is 3.20. The van der Waals surface area contributed by atoms with Crippen LogP contribution in [-0.4, -0.2) is 19.2 Å². The highest BCUT2D eigenvalue weighted by Crippen LogP contribution is 2.26. The van der Waals surface area contributed by atoms with Gasteiger partial charge in [0.05, 0.1) is 7.11 Å². The molecule has 1 rings (SSSR count). The summed E-state index contributed by atoms with van der Waals surface area (Å²) in [6.45, 7) is 1.41. The fourth-order valence-electron chi connectivity index (χ4n) is 1.12. The molecule has 1 aromatic carbocycles. The fraction of sp³-hybridized carbons (Fsp3) is 0.200. The highest BCUT2D eigenvalue weighted by molar-refractivity contribution is 9.10. The second-order valence-corrected chi connectivity index (χ2v) is 3.60. The number of ketones is 1. The van der Waals surface area contributed by atoms with E-state index in [9.17, 15) is 9.59 Å². The lowest BCUT2D eigenvalue weighted by Crippen LogP contribution is -2.00. The van der Waals surface area contributed by atoms with Gasteiger partial charge in [-0.05, 0) is 35.0 Å². The summed E-state index contributed by atoms with van der Waals surface area (Å²) in [5, 5.41) is 0. The van der Waals surface area contributed by atoms with Gasteiger partial charge in [-0.1, -0.05) is 0 Å². The number of methoxy groups -OCH3 is 1. The topological polar surface area (TPSA) is 43.4 Å². The molecule has 0 bridgehead atoms. The molecule has 1 aromatic rings. The Bertz CT molecular complexity index is 385. The Morgan fingerprint density at radius 3 is 2.57 bits per heavy atom. The van der Waals surface area contributed by atoms with Crippen LogP contribution in [0.15, 0.2) is 16.6 Å². The molecule has 74 valence electrons. The average molecular weight is 257 g/mol. The third-order valence-corrected chi connectivity index (χ3v) is 2.49. The van der Waals surface area contributed by atoms with Crippen LogP contribution in [0.25, 0.3) is 0 Å². The van der Waals surface area contributed by atoms with E-state index in [-0.39, 0.29) is 5.78 Å².